The average Bonchev–Trinajstić information content (AvgIpc) is 2.77. The van der Waals surface area contributed by atoms with Gasteiger partial charge in [0.1, 0.15) is 11.6 Å². The molecule has 3 N–H and O–H groups in total. The number of hydrogen-bond acceptors (Lipinski definition) is 4. The molecule has 5 rings (SSSR count). The first-order chi connectivity index (χ1) is 14.7. The van der Waals surface area contributed by atoms with Crippen molar-refractivity contribution in [3.63, 3.8) is 0 Å². The molecule has 2 heterocycles. The van der Waals surface area contributed by atoms with Gasteiger partial charge in [-0.05, 0) is 28.5 Å². The Labute approximate surface area is 171 Å². The Morgan fingerprint density at radius 3 is 2.40 bits per heavy atom. The van der Waals surface area contributed by atoms with Crippen molar-refractivity contribution in [2.24, 2.45) is 0 Å². The Bertz CT molecular complexity index is 1400. The third-order valence-corrected chi connectivity index (χ3v) is 5.43. The fourth-order valence-corrected chi connectivity index (χ4v) is 4.11. The first kappa shape index (κ1) is 18.0. The van der Waals surface area contributed by atoms with E-state index in [1.54, 1.807) is 7.11 Å². The number of aromatic nitrogens is 2. The molecule has 0 spiro atoms. The smallest absolute Gasteiger partial charge is 0.327 e. The molecule has 6 nitrogen and oxygen atoms in total. The van der Waals surface area contributed by atoms with Gasteiger partial charge >= 0.3 is 5.69 Å². The molecule has 1 aromatic heterocycles. The lowest BCUT2D eigenvalue weighted by molar-refractivity contribution is 0.410. The van der Waals surface area contributed by atoms with Crippen molar-refractivity contribution in [1.29, 1.82) is 0 Å². The zero-order valence-corrected chi connectivity index (χ0v) is 16.2. The second kappa shape index (κ2) is 7.08. The van der Waals surface area contributed by atoms with E-state index in [2.05, 4.69) is 15.3 Å². The Kier molecular flexibility index (Phi) is 4.25. The monoisotopic (exact) mass is 397 g/mol. The van der Waals surface area contributed by atoms with Crippen molar-refractivity contribution in [1.82, 2.24) is 9.97 Å². The number of ether oxygens (including phenoxy) is 1. The lowest BCUT2D eigenvalue weighted by atomic mass is 9.84. The summed E-state index contributed by atoms with van der Waals surface area (Å²) in [4.78, 5) is 30.0. The highest BCUT2D eigenvalue weighted by Gasteiger charge is 2.29. The van der Waals surface area contributed by atoms with E-state index in [9.17, 15) is 9.59 Å². The number of nitrogens with one attached hydrogen (secondary N) is 3. The number of hydrogen-bond donors (Lipinski definition) is 3. The number of aromatic amines is 2. The summed E-state index contributed by atoms with van der Waals surface area (Å²) in [6.07, 6.45) is 2.01. The molecule has 4 aromatic rings. The number of rotatable bonds is 3. The number of methoxy groups -OCH3 is 1. The van der Waals surface area contributed by atoms with E-state index in [1.807, 2.05) is 72.8 Å². The first-order valence-electron chi connectivity index (χ1n) is 9.62. The van der Waals surface area contributed by atoms with Gasteiger partial charge in [0, 0.05) is 17.2 Å². The molecular formula is C24H19N3O3. The standard InChI is InChI=1S/C24H19N3O3/c1-30-19-12-11-14-7-5-6-10-16(14)20(19)17-13-18(15-8-3-2-4-9-15)25-22-21(17)23(28)27-24(29)26-22/h2-13,17H,1H3,(H3,25,26,27,28,29). The van der Waals surface area contributed by atoms with E-state index in [4.69, 9.17) is 4.74 Å². The van der Waals surface area contributed by atoms with E-state index in [0.29, 0.717) is 17.1 Å². The summed E-state index contributed by atoms with van der Waals surface area (Å²) in [5.41, 5.74) is 2.11. The summed E-state index contributed by atoms with van der Waals surface area (Å²) >= 11 is 0. The largest absolute Gasteiger partial charge is 0.496 e. The molecule has 1 unspecified atom stereocenters. The maximum atomic E-state index is 12.9. The molecule has 30 heavy (non-hydrogen) atoms. The maximum absolute atomic E-state index is 12.9. The minimum Gasteiger partial charge on any atom is -0.496 e. The molecule has 0 bridgehead atoms. The van der Waals surface area contributed by atoms with Gasteiger partial charge in [-0.15, -0.1) is 0 Å². The van der Waals surface area contributed by atoms with Gasteiger partial charge in [-0.1, -0.05) is 60.7 Å². The van der Waals surface area contributed by atoms with Crippen molar-refractivity contribution in [3.8, 4) is 5.75 Å². The van der Waals surface area contributed by atoms with E-state index in [1.165, 1.54) is 0 Å². The lowest BCUT2D eigenvalue weighted by Crippen LogP contribution is -2.31. The zero-order valence-electron chi connectivity index (χ0n) is 16.2. The van der Waals surface area contributed by atoms with E-state index >= 15 is 0 Å². The van der Waals surface area contributed by atoms with Crippen LogP contribution < -0.4 is 21.3 Å². The molecule has 0 saturated heterocycles. The minimum atomic E-state index is -0.552. The molecule has 0 amide bonds. The Morgan fingerprint density at radius 2 is 1.60 bits per heavy atom. The molecule has 148 valence electrons. The molecule has 0 aliphatic carbocycles. The number of allylic oxidation sites excluding steroid dienone is 1. The van der Waals surface area contributed by atoms with Crippen LogP contribution in [0.2, 0.25) is 0 Å². The van der Waals surface area contributed by atoms with Crippen LogP contribution in [0.25, 0.3) is 16.5 Å². The summed E-state index contributed by atoms with van der Waals surface area (Å²) in [6, 6.07) is 21.7. The zero-order chi connectivity index (χ0) is 20.7. The quantitative estimate of drug-likeness (QED) is 0.490. The minimum absolute atomic E-state index is 0.394. The molecule has 0 saturated carbocycles. The van der Waals surface area contributed by atoms with Crippen LogP contribution in [0.1, 0.15) is 22.6 Å². The molecule has 6 heteroatoms. The van der Waals surface area contributed by atoms with Gasteiger partial charge in [0.25, 0.3) is 5.56 Å². The highest BCUT2D eigenvalue weighted by atomic mass is 16.5. The van der Waals surface area contributed by atoms with Gasteiger partial charge in [0.05, 0.1) is 12.7 Å². The molecule has 0 fully saturated rings. The van der Waals surface area contributed by atoms with Gasteiger partial charge in [-0.3, -0.25) is 14.8 Å². The van der Waals surface area contributed by atoms with Crippen molar-refractivity contribution in [3.05, 3.63) is 110 Å². The van der Waals surface area contributed by atoms with Gasteiger partial charge in [0.15, 0.2) is 0 Å². The van der Waals surface area contributed by atoms with Crippen molar-refractivity contribution < 1.29 is 4.74 Å². The number of fused-ring (bicyclic) bond motifs is 2. The average molecular weight is 397 g/mol. The van der Waals surface area contributed by atoms with Gasteiger partial charge < -0.3 is 10.1 Å². The fraction of sp³-hybridized carbons (Fsp3) is 0.0833. The van der Waals surface area contributed by atoms with E-state index in [0.717, 1.165) is 27.6 Å². The van der Waals surface area contributed by atoms with Gasteiger partial charge in [-0.2, -0.15) is 0 Å². The Balaban J connectivity index is 1.85. The second-order valence-corrected chi connectivity index (χ2v) is 7.15. The Morgan fingerprint density at radius 1 is 0.833 bits per heavy atom. The predicted molar refractivity (Wildman–Crippen MR) is 118 cm³/mol. The third kappa shape index (κ3) is 2.90. The molecule has 0 radical (unpaired) electrons. The second-order valence-electron chi connectivity index (χ2n) is 7.15. The number of anilines is 1. The summed E-state index contributed by atoms with van der Waals surface area (Å²) < 4.78 is 5.69. The molecule has 1 atom stereocenters. The number of H-pyrrole nitrogens is 2. The van der Waals surface area contributed by atoms with Crippen LogP contribution in [-0.4, -0.2) is 17.1 Å². The van der Waals surface area contributed by atoms with Gasteiger partial charge in [0.2, 0.25) is 0 Å². The van der Waals surface area contributed by atoms with Crippen LogP contribution in [-0.2, 0) is 0 Å². The fourth-order valence-electron chi connectivity index (χ4n) is 4.11. The van der Waals surface area contributed by atoms with Gasteiger partial charge in [-0.25, -0.2) is 4.79 Å². The normalized spacial score (nSPS) is 15.2. The lowest BCUT2D eigenvalue weighted by Gasteiger charge is -2.27. The third-order valence-electron chi connectivity index (χ3n) is 5.43. The first-order valence-corrected chi connectivity index (χ1v) is 9.62. The summed E-state index contributed by atoms with van der Waals surface area (Å²) in [5, 5.41) is 5.26. The highest BCUT2D eigenvalue weighted by Crippen LogP contribution is 2.42. The van der Waals surface area contributed by atoms with Crippen LogP contribution in [0.15, 0.2) is 82.4 Å². The maximum Gasteiger partial charge on any atom is 0.327 e. The van der Waals surface area contributed by atoms with Crippen molar-refractivity contribution in [2.75, 3.05) is 12.4 Å². The molecule has 1 aliphatic heterocycles. The van der Waals surface area contributed by atoms with Crippen LogP contribution in [0.5, 0.6) is 5.75 Å². The van der Waals surface area contributed by atoms with Crippen molar-refractivity contribution in [2.45, 2.75) is 5.92 Å². The van der Waals surface area contributed by atoms with Crippen molar-refractivity contribution >= 4 is 22.3 Å². The van der Waals surface area contributed by atoms with E-state index < -0.39 is 17.2 Å². The van der Waals surface area contributed by atoms with E-state index in [-0.39, 0.29) is 0 Å². The van der Waals surface area contributed by atoms with Crippen LogP contribution in [0.4, 0.5) is 5.82 Å². The predicted octanol–water partition coefficient (Wildman–Crippen LogP) is 3.82. The highest BCUT2D eigenvalue weighted by molar-refractivity contribution is 5.91. The molecular weight excluding hydrogens is 378 g/mol. The number of benzene rings is 3. The molecule has 3 aromatic carbocycles. The van der Waals surface area contributed by atoms with Crippen LogP contribution in [0, 0.1) is 0 Å². The topological polar surface area (TPSA) is 87.0 Å². The van der Waals surface area contributed by atoms with Crippen LogP contribution in [0.3, 0.4) is 0 Å². The Hall–Kier alpha value is -4.06. The molecule has 1 aliphatic rings. The summed E-state index contributed by atoms with van der Waals surface area (Å²) in [5.74, 6) is 0.656. The summed E-state index contributed by atoms with van der Waals surface area (Å²) in [6.45, 7) is 0. The summed E-state index contributed by atoms with van der Waals surface area (Å²) in [7, 11) is 1.62. The van der Waals surface area contributed by atoms with Crippen LogP contribution >= 0.6 is 0 Å². The SMILES string of the molecule is COc1ccc2ccccc2c1C1C=C(c2ccccc2)Nc2[nH]c(=O)[nH]c(=O)c21.